The van der Waals surface area contributed by atoms with Crippen LogP contribution in [0.1, 0.15) is 5.69 Å². The average molecular weight is 322 g/mol. The van der Waals surface area contributed by atoms with Crippen molar-refractivity contribution in [1.82, 2.24) is 9.97 Å². The summed E-state index contributed by atoms with van der Waals surface area (Å²) >= 11 is 2.24. The highest BCUT2D eigenvalue weighted by Crippen LogP contribution is 2.20. The molecule has 2 aromatic rings. The minimum absolute atomic E-state index is 0.313. The molecule has 0 aliphatic rings. The molecule has 0 spiro atoms. The van der Waals surface area contributed by atoms with Gasteiger partial charge in [0, 0.05) is 3.57 Å². The van der Waals surface area contributed by atoms with Crippen molar-refractivity contribution in [3.8, 4) is 6.07 Å². The van der Waals surface area contributed by atoms with Crippen LogP contribution in [0.4, 0.5) is 11.5 Å². The Bertz CT molecular complexity index is 530. The van der Waals surface area contributed by atoms with Crippen molar-refractivity contribution in [2.75, 3.05) is 5.32 Å². The average Bonchev–Trinajstić information content (AvgIpc) is 2.33. The minimum Gasteiger partial charge on any atom is -0.338 e. The van der Waals surface area contributed by atoms with Crippen LogP contribution in [0.15, 0.2) is 36.7 Å². The van der Waals surface area contributed by atoms with E-state index in [4.69, 9.17) is 5.26 Å². The number of nitrogens with one attached hydrogen (secondary N) is 1. The normalized spacial score (nSPS) is 9.50. The van der Waals surface area contributed by atoms with E-state index in [0.717, 1.165) is 9.26 Å². The minimum atomic E-state index is 0.313. The molecule has 0 radical (unpaired) electrons. The van der Waals surface area contributed by atoms with Crippen molar-refractivity contribution in [3.05, 3.63) is 45.9 Å². The summed E-state index contributed by atoms with van der Waals surface area (Å²) < 4.78 is 1.10. The van der Waals surface area contributed by atoms with Crippen LogP contribution in [0.25, 0.3) is 0 Å². The summed E-state index contributed by atoms with van der Waals surface area (Å²) in [5, 5.41) is 11.7. The Kier molecular flexibility index (Phi) is 3.31. The van der Waals surface area contributed by atoms with Crippen LogP contribution in [0.5, 0.6) is 0 Å². The van der Waals surface area contributed by atoms with Gasteiger partial charge in [-0.2, -0.15) is 5.26 Å². The van der Waals surface area contributed by atoms with Gasteiger partial charge in [-0.15, -0.1) is 0 Å². The van der Waals surface area contributed by atoms with Crippen LogP contribution < -0.4 is 5.32 Å². The van der Waals surface area contributed by atoms with Crippen LogP contribution >= 0.6 is 22.6 Å². The number of para-hydroxylation sites is 1. The third-order valence-electron chi connectivity index (χ3n) is 1.90. The monoisotopic (exact) mass is 322 g/mol. The van der Waals surface area contributed by atoms with Gasteiger partial charge in [0.05, 0.1) is 18.1 Å². The molecule has 0 saturated heterocycles. The Morgan fingerprint density at radius 2 is 2.00 bits per heavy atom. The largest absolute Gasteiger partial charge is 0.338 e. The molecule has 78 valence electrons. The van der Waals surface area contributed by atoms with Gasteiger partial charge < -0.3 is 5.32 Å². The molecule has 0 aliphatic carbocycles. The predicted octanol–water partition coefficient (Wildman–Crippen LogP) is 2.70. The molecular formula is C11H7IN4. The van der Waals surface area contributed by atoms with Crippen LogP contribution in [0.2, 0.25) is 0 Å². The van der Waals surface area contributed by atoms with E-state index in [9.17, 15) is 0 Å². The van der Waals surface area contributed by atoms with Gasteiger partial charge in [0.2, 0.25) is 0 Å². The Hall–Kier alpha value is -1.68. The SMILES string of the molecule is N#Cc1cnc(Nc2ccccc2I)cn1. The van der Waals surface area contributed by atoms with Gasteiger partial charge in [-0.05, 0) is 34.7 Å². The lowest BCUT2D eigenvalue weighted by atomic mass is 10.3. The molecule has 5 heteroatoms. The first-order valence-corrected chi connectivity index (χ1v) is 5.61. The van der Waals surface area contributed by atoms with Crippen molar-refractivity contribution in [3.63, 3.8) is 0 Å². The van der Waals surface area contributed by atoms with Gasteiger partial charge in [-0.25, -0.2) is 9.97 Å². The second-order valence-corrected chi connectivity index (χ2v) is 4.17. The molecule has 0 atom stereocenters. The number of anilines is 2. The van der Waals surface area contributed by atoms with Crippen molar-refractivity contribution in [2.24, 2.45) is 0 Å². The van der Waals surface area contributed by atoms with Crippen LogP contribution in [0.3, 0.4) is 0 Å². The van der Waals surface area contributed by atoms with E-state index in [-0.39, 0.29) is 0 Å². The summed E-state index contributed by atoms with van der Waals surface area (Å²) in [6, 6.07) is 9.80. The first kappa shape index (κ1) is 10.8. The summed E-state index contributed by atoms with van der Waals surface area (Å²) in [5.41, 5.74) is 1.29. The van der Waals surface area contributed by atoms with E-state index in [0.29, 0.717) is 11.5 Å². The standard InChI is InChI=1S/C11H7IN4/c12-9-3-1-2-4-10(9)16-11-7-14-8(5-13)6-15-11/h1-4,6-7H,(H,15,16). The van der Waals surface area contributed by atoms with Gasteiger partial charge in [-0.3, -0.25) is 0 Å². The van der Waals surface area contributed by atoms with E-state index < -0.39 is 0 Å². The maximum atomic E-state index is 8.59. The maximum Gasteiger partial charge on any atom is 0.158 e. The number of aromatic nitrogens is 2. The van der Waals surface area contributed by atoms with Crippen LogP contribution in [-0.4, -0.2) is 9.97 Å². The Morgan fingerprint density at radius 1 is 1.19 bits per heavy atom. The summed E-state index contributed by atoms with van der Waals surface area (Å²) in [6.45, 7) is 0. The quantitative estimate of drug-likeness (QED) is 0.864. The topological polar surface area (TPSA) is 61.6 Å². The lowest BCUT2D eigenvalue weighted by Gasteiger charge is -2.06. The van der Waals surface area contributed by atoms with E-state index >= 15 is 0 Å². The summed E-state index contributed by atoms with van der Waals surface area (Å²) in [4.78, 5) is 8.02. The Balaban J connectivity index is 2.22. The van der Waals surface area contributed by atoms with Gasteiger partial charge in [0.15, 0.2) is 5.69 Å². The molecule has 0 saturated carbocycles. The lowest BCUT2D eigenvalue weighted by molar-refractivity contribution is 1.16. The smallest absolute Gasteiger partial charge is 0.158 e. The van der Waals surface area contributed by atoms with Gasteiger partial charge >= 0.3 is 0 Å². The third-order valence-corrected chi connectivity index (χ3v) is 2.84. The third kappa shape index (κ3) is 2.46. The summed E-state index contributed by atoms with van der Waals surface area (Å²) in [5.74, 6) is 0.628. The van der Waals surface area contributed by atoms with Crippen LogP contribution in [0, 0.1) is 14.9 Å². The first-order chi connectivity index (χ1) is 7.79. The summed E-state index contributed by atoms with van der Waals surface area (Å²) in [7, 11) is 0. The molecule has 0 bridgehead atoms. The van der Waals surface area contributed by atoms with Crippen molar-refractivity contribution in [2.45, 2.75) is 0 Å². The van der Waals surface area contributed by atoms with Crippen LogP contribution in [-0.2, 0) is 0 Å². The van der Waals surface area contributed by atoms with Gasteiger partial charge in [-0.1, -0.05) is 12.1 Å². The maximum absolute atomic E-state index is 8.59. The molecule has 1 aromatic carbocycles. The molecule has 16 heavy (non-hydrogen) atoms. The summed E-state index contributed by atoms with van der Waals surface area (Å²) in [6.07, 6.45) is 2.99. The molecule has 0 amide bonds. The number of benzene rings is 1. The van der Waals surface area contributed by atoms with E-state index in [1.807, 2.05) is 30.3 Å². The lowest BCUT2D eigenvalue weighted by Crippen LogP contribution is -1.96. The first-order valence-electron chi connectivity index (χ1n) is 4.53. The number of nitrogens with zero attached hydrogens (tertiary/aromatic N) is 3. The number of halogens is 1. The highest BCUT2D eigenvalue weighted by molar-refractivity contribution is 14.1. The Morgan fingerprint density at radius 3 is 2.62 bits per heavy atom. The molecule has 1 aromatic heterocycles. The van der Waals surface area contributed by atoms with Crippen molar-refractivity contribution < 1.29 is 0 Å². The fourth-order valence-electron chi connectivity index (χ4n) is 1.15. The number of hydrogen-bond donors (Lipinski definition) is 1. The zero-order chi connectivity index (χ0) is 11.4. The van der Waals surface area contributed by atoms with E-state index in [2.05, 4.69) is 37.9 Å². The molecular weight excluding hydrogens is 315 g/mol. The van der Waals surface area contributed by atoms with E-state index in [1.54, 1.807) is 6.20 Å². The molecule has 0 aliphatic heterocycles. The van der Waals surface area contributed by atoms with Gasteiger partial charge in [0.1, 0.15) is 11.9 Å². The van der Waals surface area contributed by atoms with E-state index in [1.165, 1.54) is 6.20 Å². The number of nitriles is 1. The zero-order valence-corrected chi connectivity index (χ0v) is 10.3. The fraction of sp³-hybridized carbons (Fsp3) is 0. The number of hydrogen-bond acceptors (Lipinski definition) is 4. The zero-order valence-electron chi connectivity index (χ0n) is 8.18. The highest BCUT2D eigenvalue weighted by atomic mass is 127. The van der Waals surface area contributed by atoms with Crippen molar-refractivity contribution >= 4 is 34.1 Å². The fourth-order valence-corrected chi connectivity index (χ4v) is 1.67. The van der Waals surface area contributed by atoms with Crippen molar-refractivity contribution in [1.29, 1.82) is 5.26 Å². The Labute approximate surface area is 106 Å². The van der Waals surface area contributed by atoms with Gasteiger partial charge in [0.25, 0.3) is 0 Å². The second kappa shape index (κ2) is 4.90. The highest BCUT2D eigenvalue weighted by Gasteiger charge is 2.00. The predicted molar refractivity (Wildman–Crippen MR) is 69.2 cm³/mol. The molecule has 0 fully saturated rings. The molecule has 4 nitrogen and oxygen atoms in total. The molecule has 0 unspecified atom stereocenters. The molecule has 2 rings (SSSR count). The number of rotatable bonds is 2. The molecule has 1 N–H and O–H groups in total. The molecule has 1 heterocycles. The second-order valence-electron chi connectivity index (χ2n) is 3.00.